The Hall–Kier alpha value is -1.57. The molecule has 1 aromatic rings. The third-order valence-corrected chi connectivity index (χ3v) is 3.43. The summed E-state index contributed by atoms with van der Waals surface area (Å²) >= 11 is 0. The molecule has 0 radical (unpaired) electrons. The lowest BCUT2D eigenvalue weighted by Gasteiger charge is -2.41. The highest BCUT2D eigenvalue weighted by Crippen LogP contribution is 2.24. The van der Waals surface area contributed by atoms with Gasteiger partial charge in [-0.15, -0.1) is 0 Å². The summed E-state index contributed by atoms with van der Waals surface area (Å²) in [6.45, 7) is 9.02. The maximum atomic E-state index is 9.01. The van der Waals surface area contributed by atoms with Crippen molar-refractivity contribution in [2.45, 2.75) is 39.0 Å². The van der Waals surface area contributed by atoms with Gasteiger partial charge in [-0.25, -0.2) is 0 Å². The zero-order chi connectivity index (χ0) is 14.8. The molecule has 1 heterocycles. The molecule has 108 valence electrons. The van der Waals surface area contributed by atoms with Crippen LogP contribution < -0.4 is 4.74 Å². The minimum Gasteiger partial charge on any atom is -0.495 e. The van der Waals surface area contributed by atoms with Crippen LogP contribution in [0.5, 0.6) is 5.75 Å². The molecule has 4 heteroatoms. The van der Waals surface area contributed by atoms with Crippen molar-refractivity contribution in [3.8, 4) is 11.8 Å². The van der Waals surface area contributed by atoms with Crippen molar-refractivity contribution >= 4 is 0 Å². The van der Waals surface area contributed by atoms with E-state index in [2.05, 4.69) is 31.7 Å². The number of hydrogen-bond acceptors (Lipinski definition) is 4. The van der Waals surface area contributed by atoms with E-state index in [1.807, 2.05) is 18.2 Å². The first kappa shape index (κ1) is 14.8. The van der Waals surface area contributed by atoms with Crippen LogP contribution in [0.1, 0.15) is 31.9 Å². The fourth-order valence-corrected chi connectivity index (χ4v) is 2.89. The van der Waals surface area contributed by atoms with Gasteiger partial charge >= 0.3 is 0 Å². The van der Waals surface area contributed by atoms with Crippen molar-refractivity contribution in [2.75, 3.05) is 20.2 Å². The third kappa shape index (κ3) is 3.50. The maximum Gasteiger partial charge on any atom is 0.136 e. The van der Waals surface area contributed by atoms with Crippen molar-refractivity contribution in [2.24, 2.45) is 0 Å². The summed E-state index contributed by atoms with van der Waals surface area (Å²) < 4.78 is 11.2. The Labute approximate surface area is 120 Å². The molecule has 2 rings (SSSR count). The number of benzene rings is 1. The lowest BCUT2D eigenvalue weighted by molar-refractivity contribution is -0.130. The van der Waals surface area contributed by atoms with Crippen molar-refractivity contribution in [1.29, 1.82) is 5.26 Å². The minimum absolute atomic E-state index is 0.117. The number of nitrogens with zero attached hydrogens (tertiary/aromatic N) is 2. The molecule has 1 atom stereocenters. The van der Waals surface area contributed by atoms with Crippen LogP contribution in [0.3, 0.4) is 0 Å². The molecule has 0 aromatic heterocycles. The van der Waals surface area contributed by atoms with Gasteiger partial charge in [-0.2, -0.15) is 5.26 Å². The SMILES string of the molecule is COc1cc(CN2CC(C)OC(C)(C)C2)ccc1C#N. The zero-order valence-electron chi connectivity index (χ0n) is 12.6. The Morgan fingerprint density at radius 2 is 2.25 bits per heavy atom. The van der Waals surface area contributed by atoms with E-state index >= 15 is 0 Å². The normalized spacial score (nSPS) is 22.2. The fourth-order valence-electron chi connectivity index (χ4n) is 2.89. The standard InChI is InChI=1S/C16H22N2O2/c1-12-9-18(11-16(2,3)20-12)10-13-5-6-14(8-17)15(7-13)19-4/h5-7,12H,9-11H2,1-4H3. The molecule has 1 fully saturated rings. The van der Waals surface area contributed by atoms with Gasteiger partial charge in [-0.05, 0) is 38.5 Å². The Bertz CT molecular complexity index is 520. The molecule has 1 aromatic carbocycles. The average molecular weight is 274 g/mol. The Morgan fingerprint density at radius 3 is 2.85 bits per heavy atom. The minimum atomic E-state index is -0.117. The monoisotopic (exact) mass is 274 g/mol. The van der Waals surface area contributed by atoms with E-state index in [4.69, 9.17) is 14.7 Å². The van der Waals surface area contributed by atoms with Crippen LogP contribution in [-0.2, 0) is 11.3 Å². The summed E-state index contributed by atoms with van der Waals surface area (Å²) in [4.78, 5) is 2.38. The van der Waals surface area contributed by atoms with Gasteiger partial charge in [0.1, 0.15) is 11.8 Å². The first-order valence-corrected chi connectivity index (χ1v) is 6.91. The van der Waals surface area contributed by atoms with E-state index in [1.54, 1.807) is 7.11 Å². The molecule has 1 aliphatic heterocycles. The van der Waals surface area contributed by atoms with E-state index in [9.17, 15) is 0 Å². The molecule has 0 aliphatic carbocycles. The lowest BCUT2D eigenvalue weighted by Crippen LogP contribution is -2.51. The summed E-state index contributed by atoms with van der Waals surface area (Å²) in [5.74, 6) is 0.644. The van der Waals surface area contributed by atoms with E-state index in [-0.39, 0.29) is 11.7 Å². The van der Waals surface area contributed by atoms with Crippen LogP contribution in [-0.4, -0.2) is 36.8 Å². The zero-order valence-corrected chi connectivity index (χ0v) is 12.6. The van der Waals surface area contributed by atoms with Gasteiger partial charge < -0.3 is 9.47 Å². The number of rotatable bonds is 3. The number of morpholine rings is 1. The van der Waals surface area contributed by atoms with Crippen molar-refractivity contribution < 1.29 is 9.47 Å². The Balaban J connectivity index is 2.12. The van der Waals surface area contributed by atoms with Crippen LogP contribution in [0.25, 0.3) is 0 Å². The molecule has 0 amide bonds. The van der Waals surface area contributed by atoms with Gasteiger partial charge in [-0.1, -0.05) is 6.07 Å². The van der Waals surface area contributed by atoms with Gasteiger partial charge in [-0.3, -0.25) is 4.90 Å². The number of ether oxygens (including phenoxy) is 2. The third-order valence-electron chi connectivity index (χ3n) is 3.43. The van der Waals surface area contributed by atoms with E-state index in [1.165, 1.54) is 0 Å². The molecule has 0 saturated carbocycles. The summed E-state index contributed by atoms with van der Waals surface area (Å²) in [7, 11) is 1.60. The second-order valence-corrected chi connectivity index (χ2v) is 6.00. The molecule has 0 N–H and O–H groups in total. The molecular formula is C16H22N2O2. The van der Waals surface area contributed by atoms with Crippen molar-refractivity contribution in [3.05, 3.63) is 29.3 Å². The van der Waals surface area contributed by atoms with E-state index in [0.29, 0.717) is 11.3 Å². The van der Waals surface area contributed by atoms with Crippen LogP contribution >= 0.6 is 0 Å². The predicted molar refractivity (Wildman–Crippen MR) is 77.6 cm³/mol. The van der Waals surface area contributed by atoms with E-state index in [0.717, 1.165) is 25.2 Å². The Kier molecular flexibility index (Phi) is 4.32. The Morgan fingerprint density at radius 1 is 1.50 bits per heavy atom. The highest BCUT2D eigenvalue weighted by molar-refractivity contribution is 5.45. The van der Waals surface area contributed by atoms with Gasteiger partial charge in [0.05, 0.1) is 24.4 Å². The quantitative estimate of drug-likeness (QED) is 0.850. The van der Waals surface area contributed by atoms with Crippen LogP contribution in [0.2, 0.25) is 0 Å². The first-order chi connectivity index (χ1) is 9.43. The predicted octanol–water partition coefficient (Wildman–Crippen LogP) is 2.57. The van der Waals surface area contributed by atoms with Gasteiger partial charge in [0.25, 0.3) is 0 Å². The molecule has 0 bridgehead atoms. The number of methoxy groups -OCH3 is 1. The van der Waals surface area contributed by atoms with Gasteiger partial charge in [0.2, 0.25) is 0 Å². The molecule has 1 aliphatic rings. The van der Waals surface area contributed by atoms with Crippen LogP contribution in [0.15, 0.2) is 18.2 Å². The second kappa shape index (κ2) is 5.82. The molecular weight excluding hydrogens is 252 g/mol. The largest absolute Gasteiger partial charge is 0.495 e. The topological polar surface area (TPSA) is 45.5 Å². The molecule has 0 spiro atoms. The van der Waals surface area contributed by atoms with E-state index < -0.39 is 0 Å². The maximum absolute atomic E-state index is 9.01. The average Bonchev–Trinajstić information content (AvgIpc) is 2.36. The van der Waals surface area contributed by atoms with Crippen molar-refractivity contribution in [1.82, 2.24) is 4.90 Å². The van der Waals surface area contributed by atoms with Crippen LogP contribution in [0.4, 0.5) is 0 Å². The second-order valence-electron chi connectivity index (χ2n) is 6.00. The summed E-state index contributed by atoms with van der Waals surface area (Å²) in [6, 6.07) is 7.91. The van der Waals surface area contributed by atoms with Gasteiger partial charge in [0, 0.05) is 19.6 Å². The fraction of sp³-hybridized carbons (Fsp3) is 0.562. The number of hydrogen-bond donors (Lipinski definition) is 0. The number of nitriles is 1. The molecule has 4 nitrogen and oxygen atoms in total. The highest BCUT2D eigenvalue weighted by atomic mass is 16.5. The summed E-state index contributed by atoms with van der Waals surface area (Å²) in [5, 5.41) is 9.01. The van der Waals surface area contributed by atoms with Crippen LogP contribution in [0, 0.1) is 11.3 Å². The molecule has 1 saturated heterocycles. The smallest absolute Gasteiger partial charge is 0.136 e. The lowest BCUT2D eigenvalue weighted by atomic mass is 10.0. The van der Waals surface area contributed by atoms with Crippen molar-refractivity contribution in [3.63, 3.8) is 0 Å². The summed E-state index contributed by atoms with van der Waals surface area (Å²) in [6.07, 6.45) is 0.235. The molecule has 20 heavy (non-hydrogen) atoms. The summed E-state index contributed by atoms with van der Waals surface area (Å²) in [5.41, 5.74) is 1.62. The van der Waals surface area contributed by atoms with Gasteiger partial charge in [0.15, 0.2) is 0 Å². The highest BCUT2D eigenvalue weighted by Gasteiger charge is 2.31. The molecule has 1 unspecified atom stereocenters. The first-order valence-electron chi connectivity index (χ1n) is 6.91.